The van der Waals surface area contributed by atoms with Gasteiger partial charge in [-0.3, -0.25) is 14.9 Å². The Hall–Kier alpha value is -2.71. The summed E-state index contributed by atoms with van der Waals surface area (Å²) in [6, 6.07) is 4.60. The standard InChI is InChI=1S/C23H29F2N3O4/c1-13-11-14(5-6-15(13)26-16-7-8-18(29)27-19(16)30)22-9-10-28(12-17(22)23(22,24)25)20(31)32-21(2,3)4/h5-6,11,16-17,26H,7-10,12H2,1-4H3,(H,27,29,30)/t16-,17+,22+/m0/s1. The molecule has 2 N–H and O–H groups in total. The summed E-state index contributed by atoms with van der Waals surface area (Å²) in [6.07, 6.45) is 0.236. The topological polar surface area (TPSA) is 87.7 Å². The van der Waals surface area contributed by atoms with Crippen LogP contribution in [0.2, 0.25) is 0 Å². The zero-order valence-electron chi connectivity index (χ0n) is 18.8. The second kappa shape index (κ2) is 7.42. The highest BCUT2D eigenvalue weighted by molar-refractivity contribution is 6.01. The number of alkyl halides is 2. The third-order valence-electron chi connectivity index (χ3n) is 6.69. The zero-order chi connectivity index (χ0) is 23.5. The van der Waals surface area contributed by atoms with Gasteiger partial charge in [0.1, 0.15) is 11.6 Å². The van der Waals surface area contributed by atoms with Crippen molar-refractivity contribution >= 4 is 23.6 Å². The van der Waals surface area contributed by atoms with E-state index in [0.717, 1.165) is 5.56 Å². The number of nitrogens with zero attached hydrogens (tertiary/aromatic N) is 1. The van der Waals surface area contributed by atoms with Gasteiger partial charge in [0.2, 0.25) is 11.8 Å². The highest BCUT2D eigenvalue weighted by Gasteiger charge is 2.82. The summed E-state index contributed by atoms with van der Waals surface area (Å²) in [5.41, 5.74) is -0.00420. The lowest BCUT2D eigenvalue weighted by molar-refractivity contribution is -0.133. The van der Waals surface area contributed by atoms with Crippen molar-refractivity contribution in [2.75, 3.05) is 18.4 Å². The second-order valence-electron chi connectivity index (χ2n) is 10.0. The van der Waals surface area contributed by atoms with E-state index in [4.69, 9.17) is 4.74 Å². The molecule has 7 nitrogen and oxygen atoms in total. The Kier molecular flexibility index (Phi) is 5.21. The number of imide groups is 1. The van der Waals surface area contributed by atoms with E-state index in [1.807, 2.05) is 0 Å². The Morgan fingerprint density at radius 1 is 1.28 bits per heavy atom. The van der Waals surface area contributed by atoms with Crippen LogP contribution in [0.15, 0.2) is 18.2 Å². The molecule has 0 spiro atoms. The van der Waals surface area contributed by atoms with Crippen molar-refractivity contribution in [3.63, 3.8) is 0 Å². The van der Waals surface area contributed by atoms with Crippen LogP contribution in [0.25, 0.3) is 0 Å². The fraction of sp³-hybridized carbons (Fsp3) is 0.609. The van der Waals surface area contributed by atoms with E-state index >= 15 is 8.78 Å². The Bertz CT molecular complexity index is 974. The van der Waals surface area contributed by atoms with Gasteiger partial charge in [-0.2, -0.15) is 0 Å². The molecule has 4 rings (SSSR count). The van der Waals surface area contributed by atoms with Gasteiger partial charge in [0.05, 0.1) is 11.3 Å². The summed E-state index contributed by atoms with van der Waals surface area (Å²) in [5.74, 6) is -4.54. The molecular weight excluding hydrogens is 420 g/mol. The molecule has 0 bridgehead atoms. The number of likely N-dealkylation sites (tertiary alicyclic amines) is 1. The number of halogens is 2. The van der Waals surface area contributed by atoms with E-state index < -0.39 is 35.0 Å². The summed E-state index contributed by atoms with van der Waals surface area (Å²) in [7, 11) is 0. The lowest BCUT2D eigenvalue weighted by Gasteiger charge is -2.32. The van der Waals surface area contributed by atoms with Crippen molar-refractivity contribution in [3.8, 4) is 0 Å². The minimum absolute atomic E-state index is 0.0444. The summed E-state index contributed by atoms with van der Waals surface area (Å²) in [6.45, 7) is 7.21. The molecule has 1 saturated carbocycles. The van der Waals surface area contributed by atoms with Crippen LogP contribution in [0.3, 0.4) is 0 Å². The van der Waals surface area contributed by atoms with E-state index in [1.165, 1.54) is 4.90 Å². The number of amides is 3. The molecule has 3 atom stereocenters. The maximum Gasteiger partial charge on any atom is 0.410 e. The number of aryl methyl sites for hydroxylation is 1. The molecule has 0 aromatic heterocycles. The average molecular weight is 449 g/mol. The number of hydrogen-bond acceptors (Lipinski definition) is 5. The van der Waals surface area contributed by atoms with Crippen molar-refractivity contribution in [2.24, 2.45) is 5.92 Å². The van der Waals surface area contributed by atoms with Gasteiger partial charge in [0.15, 0.2) is 0 Å². The van der Waals surface area contributed by atoms with Gasteiger partial charge in [-0.1, -0.05) is 12.1 Å². The third kappa shape index (κ3) is 3.71. The quantitative estimate of drug-likeness (QED) is 0.691. The number of hydrogen-bond donors (Lipinski definition) is 2. The van der Waals surface area contributed by atoms with Crippen LogP contribution < -0.4 is 10.6 Å². The fourth-order valence-electron chi connectivity index (χ4n) is 4.92. The number of carbonyl (C=O) groups is 3. The molecular formula is C23H29F2N3O4. The first kappa shape index (κ1) is 22.5. The minimum Gasteiger partial charge on any atom is -0.444 e. The summed E-state index contributed by atoms with van der Waals surface area (Å²) >= 11 is 0. The van der Waals surface area contributed by atoms with Crippen LogP contribution in [-0.4, -0.2) is 53.5 Å². The Morgan fingerprint density at radius 2 is 2.00 bits per heavy atom. The van der Waals surface area contributed by atoms with Crippen LogP contribution in [0.5, 0.6) is 0 Å². The number of benzene rings is 1. The average Bonchev–Trinajstić information content (AvgIpc) is 3.20. The molecule has 3 amide bonds. The maximum atomic E-state index is 15.0. The summed E-state index contributed by atoms with van der Waals surface area (Å²) in [4.78, 5) is 37.1. The predicted molar refractivity (Wildman–Crippen MR) is 114 cm³/mol. The van der Waals surface area contributed by atoms with E-state index in [0.29, 0.717) is 17.7 Å². The molecule has 9 heteroatoms. The Morgan fingerprint density at radius 3 is 2.59 bits per heavy atom. The molecule has 32 heavy (non-hydrogen) atoms. The summed E-state index contributed by atoms with van der Waals surface area (Å²) in [5, 5.41) is 5.42. The van der Waals surface area contributed by atoms with E-state index in [9.17, 15) is 14.4 Å². The second-order valence-corrected chi connectivity index (χ2v) is 10.0. The van der Waals surface area contributed by atoms with Crippen LogP contribution in [0.4, 0.5) is 19.3 Å². The number of rotatable bonds is 3. The van der Waals surface area contributed by atoms with Crippen molar-refractivity contribution in [1.29, 1.82) is 0 Å². The molecule has 0 radical (unpaired) electrons. The molecule has 174 valence electrons. The largest absolute Gasteiger partial charge is 0.444 e. The summed E-state index contributed by atoms with van der Waals surface area (Å²) < 4.78 is 35.4. The normalized spacial score (nSPS) is 29.1. The zero-order valence-corrected chi connectivity index (χ0v) is 18.8. The van der Waals surface area contributed by atoms with Crippen LogP contribution >= 0.6 is 0 Å². The van der Waals surface area contributed by atoms with Crippen LogP contribution in [-0.2, 0) is 19.7 Å². The van der Waals surface area contributed by atoms with E-state index in [1.54, 1.807) is 45.9 Å². The molecule has 3 aliphatic rings. The van der Waals surface area contributed by atoms with Gasteiger partial charge in [-0.05, 0) is 57.7 Å². The van der Waals surface area contributed by atoms with Crippen molar-refractivity contribution in [2.45, 2.75) is 69.9 Å². The molecule has 2 aliphatic heterocycles. The monoisotopic (exact) mass is 449 g/mol. The van der Waals surface area contributed by atoms with Gasteiger partial charge in [0.25, 0.3) is 5.92 Å². The number of piperidine rings is 2. The highest BCUT2D eigenvalue weighted by Crippen LogP contribution is 2.70. The van der Waals surface area contributed by atoms with Crippen molar-refractivity contribution in [1.82, 2.24) is 10.2 Å². The van der Waals surface area contributed by atoms with Crippen molar-refractivity contribution < 1.29 is 27.9 Å². The molecule has 1 aliphatic carbocycles. The van der Waals surface area contributed by atoms with Gasteiger partial charge in [0, 0.05) is 25.2 Å². The maximum absolute atomic E-state index is 15.0. The highest BCUT2D eigenvalue weighted by atomic mass is 19.3. The number of anilines is 1. The van der Waals surface area contributed by atoms with Crippen LogP contribution in [0, 0.1) is 12.8 Å². The van der Waals surface area contributed by atoms with E-state index in [-0.39, 0.29) is 37.7 Å². The lowest BCUT2D eigenvalue weighted by Crippen LogP contribution is -2.47. The molecule has 3 fully saturated rings. The Balaban J connectivity index is 1.49. The van der Waals surface area contributed by atoms with Gasteiger partial charge in [-0.25, -0.2) is 13.6 Å². The molecule has 2 heterocycles. The number of nitrogens with one attached hydrogen (secondary N) is 2. The number of fused-ring (bicyclic) bond motifs is 1. The first-order valence-electron chi connectivity index (χ1n) is 10.9. The smallest absolute Gasteiger partial charge is 0.410 e. The van der Waals surface area contributed by atoms with Crippen LogP contribution in [0.1, 0.15) is 51.2 Å². The molecule has 1 aromatic rings. The lowest BCUT2D eigenvalue weighted by atomic mass is 9.86. The molecule has 1 aromatic carbocycles. The Labute approximate surface area is 185 Å². The molecule has 2 saturated heterocycles. The van der Waals surface area contributed by atoms with Gasteiger partial charge >= 0.3 is 6.09 Å². The SMILES string of the molecule is Cc1cc([C@]23CCN(C(=O)OC(C)(C)C)C[C@H]2C3(F)F)ccc1N[C@H]1CCC(=O)NC1=O. The number of carbonyl (C=O) groups excluding carboxylic acids is 3. The first-order chi connectivity index (χ1) is 14.8. The van der Waals surface area contributed by atoms with Gasteiger partial charge < -0.3 is 15.0 Å². The van der Waals surface area contributed by atoms with Crippen molar-refractivity contribution in [3.05, 3.63) is 29.3 Å². The fourth-order valence-corrected chi connectivity index (χ4v) is 4.92. The third-order valence-corrected chi connectivity index (χ3v) is 6.69. The van der Waals surface area contributed by atoms with E-state index in [2.05, 4.69) is 10.6 Å². The minimum atomic E-state index is -2.91. The molecule has 0 unspecified atom stereocenters. The first-order valence-corrected chi connectivity index (χ1v) is 10.9. The number of ether oxygens (including phenoxy) is 1. The predicted octanol–water partition coefficient (Wildman–Crippen LogP) is 3.36. The van der Waals surface area contributed by atoms with Gasteiger partial charge in [-0.15, -0.1) is 0 Å².